The first-order valence-electron chi connectivity index (χ1n) is 6.97. The van der Waals surface area contributed by atoms with E-state index in [1.54, 1.807) is 25.2 Å². The van der Waals surface area contributed by atoms with Crippen molar-refractivity contribution in [3.05, 3.63) is 23.8 Å². The molecule has 1 aromatic carbocycles. The van der Waals surface area contributed by atoms with E-state index in [2.05, 4.69) is 10.1 Å². The second kappa shape index (κ2) is 7.28. The van der Waals surface area contributed by atoms with Gasteiger partial charge in [-0.3, -0.25) is 4.79 Å². The predicted molar refractivity (Wildman–Crippen MR) is 76.5 cm³/mol. The summed E-state index contributed by atoms with van der Waals surface area (Å²) in [6, 6.07) is 4.89. The minimum Gasteiger partial charge on any atom is -0.490 e. The molecular weight excluding hydrogens is 274 g/mol. The topological polar surface area (TPSA) is 77.0 Å². The second-order valence-corrected chi connectivity index (χ2v) is 4.88. The normalized spacial score (nSPS) is 16.7. The second-order valence-electron chi connectivity index (χ2n) is 4.88. The fraction of sp³-hybridized carbons (Fsp3) is 0.533. The van der Waals surface area contributed by atoms with Gasteiger partial charge in [0.05, 0.1) is 32.8 Å². The lowest BCUT2D eigenvalue weighted by Gasteiger charge is -2.22. The summed E-state index contributed by atoms with van der Waals surface area (Å²) in [5.74, 6) is 0.928. The number of methoxy groups -OCH3 is 1. The van der Waals surface area contributed by atoms with Gasteiger partial charge >= 0.3 is 5.97 Å². The number of rotatable bonds is 5. The quantitative estimate of drug-likeness (QED) is 0.790. The Bertz CT molecular complexity index is 491. The van der Waals surface area contributed by atoms with Gasteiger partial charge in [0.1, 0.15) is 0 Å². The van der Waals surface area contributed by atoms with Crippen LogP contribution in [-0.4, -0.2) is 44.5 Å². The van der Waals surface area contributed by atoms with Crippen LogP contribution in [0.15, 0.2) is 18.2 Å². The molecule has 1 aliphatic heterocycles. The standard InChI is InChI=1S/C15H21NO5/c1-16-11(9-14(17)19-2)15(18)10-4-5-12-13(8-10)21-7-3-6-20-12/h4-5,8,11,15-16,18H,3,6-7,9H2,1-2H3. The number of likely N-dealkylation sites (N-methyl/N-ethyl adjacent to an activating group) is 1. The monoisotopic (exact) mass is 295 g/mol. The van der Waals surface area contributed by atoms with Crippen molar-refractivity contribution in [1.82, 2.24) is 5.32 Å². The van der Waals surface area contributed by atoms with Crippen molar-refractivity contribution in [1.29, 1.82) is 0 Å². The number of carbonyl (C=O) groups is 1. The van der Waals surface area contributed by atoms with Crippen LogP contribution >= 0.6 is 0 Å². The molecule has 2 N–H and O–H groups in total. The van der Waals surface area contributed by atoms with Crippen molar-refractivity contribution < 1.29 is 24.1 Å². The van der Waals surface area contributed by atoms with Gasteiger partial charge in [-0.1, -0.05) is 6.07 Å². The van der Waals surface area contributed by atoms with Crippen LogP contribution in [0, 0.1) is 0 Å². The van der Waals surface area contributed by atoms with Crippen molar-refractivity contribution >= 4 is 5.97 Å². The summed E-state index contributed by atoms with van der Waals surface area (Å²) in [6.45, 7) is 1.21. The first-order valence-corrected chi connectivity index (χ1v) is 6.97. The zero-order chi connectivity index (χ0) is 15.2. The molecule has 2 rings (SSSR count). The minimum atomic E-state index is -0.841. The van der Waals surface area contributed by atoms with Crippen LogP contribution in [0.4, 0.5) is 0 Å². The highest BCUT2D eigenvalue weighted by molar-refractivity contribution is 5.70. The predicted octanol–water partition coefficient (Wildman–Crippen LogP) is 1.03. The Hall–Kier alpha value is -1.79. The van der Waals surface area contributed by atoms with Crippen molar-refractivity contribution in [3.8, 4) is 11.5 Å². The van der Waals surface area contributed by atoms with Gasteiger partial charge in [0.15, 0.2) is 11.5 Å². The van der Waals surface area contributed by atoms with E-state index in [9.17, 15) is 9.90 Å². The van der Waals surface area contributed by atoms with Crippen LogP contribution in [-0.2, 0) is 9.53 Å². The smallest absolute Gasteiger partial charge is 0.307 e. The molecule has 0 radical (unpaired) electrons. The fourth-order valence-electron chi connectivity index (χ4n) is 2.23. The maximum atomic E-state index is 11.4. The Balaban J connectivity index is 2.16. The van der Waals surface area contributed by atoms with E-state index in [1.807, 2.05) is 0 Å². The number of fused-ring (bicyclic) bond motifs is 1. The van der Waals surface area contributed by atoms with Gasteiger partial charge < -0.3 is 24.6 Å². The van der Waals surface area contributed by atoms with Crippen LogP contribution in [0.25, 0.3) is 0 Å². The van der Waals surface area contributed by atoms with E-state index in [4.69, 9.17) is 9.47 Å². The van der Waals surface area contributed by atoms with Crippen LogP contribution in [0.5, 0.6) is 11.5 Å². The molecule has 6 heteroatoms. The summed E-state index contributed by atoms with van der Waals surface area (Å²) in [5, 5.41) is 13.4. The number of hydrogen-bond donors (Lipinski definition) is 2. The molecular formula is C15H21NO5. The molecule has 2 unspecified atom stereocenters. The van der Waals surface area contributed by atoms with E-state index in [1.165, 1.54) is 7.11 Å². The maximum absolute atomic E-state index is 11.4. The van der Waals surface area contributed by atoms with Gasteiger partial charge in [-0.15, -0.1) is 0 Å². The van der Waals surface area contributed by atoms with E-state index >= 15 is 0 Å². The minimum absolute atomic E-state index is 0.0859. The molecule has 0 saturated heterocycles. The average molecular weight is 295 g/mol. The molecule has 21 heavy (non-hydrogen) atoms. The number of nitrogens with one attached hydrogen (secondary N) is 1. The SMILES string of the molecule is CNC(CC(=O)OC)C(O)c1ccc2c(c1)OCCCO2. The number of aliphatic hydroxyl groups excluding tert-OH is 1. The van der Waals surface area contributed by atoms with Gasteiger partial charge in [-0.05, 0) is 24.7 Å². The molecule has 0 saturated carbocycles. The number of aliphatic hydroxyl groups is 1. The molecule has 0 aliphatic carbocycles. The van der Waals surface area contributed by atoms with Crippen LogP contribution in [0.1, 0.15) is 24.5 Å². The zero-order valence-corrected chi connectivity index (χ0v) is 12.3. The van der Waals surface area contributed by atoms with Crippen molar-refractivity contribution in [3.63, 3.8) is 0 Å². The van der Waals surface area contributed by atoms with E-state index in [0.717, 1.165) is 6.42 Å². The summed E-state index contributed by atoms with van der Waals surface area (Å²) in [7, 11) is 3.02. The lowest BCUT2D eigenvalue weighted by molar-refractivity contribution is -0.142. The van der Waals surface area contributed by atoms with Gasteiger partial charge in [-0.2, -0.15) is 0 Å². The first-order chi connectivity index (χ1) is 10.2. The van der Waals surface area contributed by atoms with Gasteiger partial charge in [0, 0.05) is 12.5 Å². The molecule has 0 spiro atoms. The van der Waals surface area contributed by atoms with Crippen LogP contribution in [0.3, 0.4) is 0 Å². The molecule has 1 aliphatic rings. The van der Waals surface area contributed by atoms with Crippen LogP contribution < -0.4 is 14.8 Å². The third-order valence-electron chi connectivity index (χ3n) is 3.48. The Morgan fingerprint density at radius 2 is 2.10 bits per heavy atom. The van der Waals surface area contributed by atoms with E-state index in [0.29, 0.717) is 30.3 Å². The van der Waals surface area contributed by atoms with Crippen molar-refractivity contribution in [2.75, 3.05) is 27.4 Å². The molecule has 1 aromatic rings. The largest absolute Gasteiger partial charge is 0.490 e. The first kappa shape index (κ1) is 15.6. The summed E-state index contributed by atoms with van der Waals surface area (Å²) in [4.78, 5) is 11.4. The number of carbonyl (C=O) groups excluding carboxylic acids is 1. The third-order valence-corrected chi connectivity index (χ3v) is 3.48. The third kappa shape index (κ3) is 3.86. The number of esters is 1. The highest BCUT2D eigenvalue weighted by atomic mass is 16.5. The molecule has 2 atom stereocenters. The molecule has 0 aromatic heterocycles. The Kier molecular flexibility index (Phi) is 5.41. The zero-order valence-electron chi connectivity index (χ0n) is 12.3. The molecule has 6 nitrogen and oxygen atoms in total. The molecule has 1 heterocycles. The molecule has 0 bridgehead atoms. The maximum Gasteiger partial charge on any atom is 0.307 e. The lowest BCUT2D eigenvalue weighted by atomic mass is 9.99. The van der Waals surface area contributed by atoms with Crippen molar-refractivity contribution in [2.45, 2.75) is 25.0 Å². The van der Waals surface area contributed by atoms with Gasteiger partial charge in [0.25, 0.3) is 0 Å². The Morgan fingerprint density at radius 3 is 2.76 bits per heavy atom. The van der Waals surface area contributed by atoms with E-state index in [-0.39, 0.29) is 12.4 Å². The average Bonchev–Trinajstić information content (AvgIpc) is 2.76. The van der Waals surface area contributed by atoms with Crippen molar-refractivity contribution in [2.24, 2.45) is 0 Å². The summed E-state index contributed by atoms with van der Waals surface area (Å²) >= 11 is 0. The summed E-state index contributed by atoms with van der Waals surface area (Å²) in [6.07, 6.45) is 0.0719. The number of benzene rings is 1. The Morgan fingerprint density at radius 1 is 1.38 bits per heavy atom. The summed E-state index contributed by atoms with van der Waals surface area (Å²) < 4.78 is 15.8. The molecule has 116 valence electrons. The lowest BCUT2D eigenvalue weighted by Crippen LogP contribution is -2.34. The van der Waals surface area contributed by atoms with E-state index < -0.39 is 12.1 Å². The van der Waals surface area contributed by atoms with Gasteiger partial charge in [0.2, 0.25) is 0 Å². The molecule has 0 amide bonds. The fourth-order valence-corrected chi connectivity index (χ4v) is 2.23. The number of ether oxygens (including phenoxy) is 3. The highest BCUT2D eigenvalue weighted by Crippen LogP contribution is 2.33. The number of hydrogen-bond acceptors (Lipinski definition) is 6. The summed E-state index contributed by atoms with van der Waals surface area (Å²) in [5.41, 5.74) is 0.669. The molecule has 0 fully saturated rings. The van der Waals surface area contributed by atoms with Crippen LogP contribution in [0.2, 0.25) is 0 Å². The Labute approximate surface area is 124 Å². The highest BCUT2D eigenvalue weighted by Gasteiger charge is 2.24. The van der Waals surface area contributed by atoms with Gasteiger partial charge in [-0.25, -0.2) is 0 Å².